The normalized spacial score (nSPS) is 17.0. The van der Waals surface area contributed by atoms with Crippen LogP contribution in [0.5, 0.6) is 11.6 Å². The van der Waals surface area contributed by atoms with Crippen LogP contribution >= 0.6 is 0 Å². The highest BCUT2D eigenvalue weighted by Crippen LogP contribution is 2.20. The van der Waals surface area contributed by atoms with Crippen LogP contribution in [0, 0.1) is 13.0 Å². The monoisotopic (exact) mass is 498 g/mol. The summed E-state index contributed by atoms with van der Waals surface area (Å²) in [6, 6.07) is 9.14. The Bertz CT molecular complexity index is 1190. The summed E-state index contributed by atoms with van der Waals surface area (Å²) in [6.07, 6.45) is 2.47. The number of carbonyl (C=O) groups excluding carboxylic acids is 2. The van der Waals surface area contributed by atoms with Crippen LogP contribution in [0.25, 0.3) is 0 Å². The molecule has 1 aromatic carbocycles. The van der Waals surface area contributed by atoms with Crippen molar-refractivity contribution in [1.29, 1.82) is 0 Å². The maximum atomic E-state index is 13.1. The van der Waals surface area contributed by atoms with Crippen molar-refractivity contribution < 1.29 is 28.2 Å². The third-order valence-electron chi connectivity index (χ3n) is 5.48. The molecule has 1 aliphatic rings. The van der Waals surface area contributed by atoms with Gasteiger partial charge in [-0.3, -0.25) is 14.3 Å². The molecule has 1 N–H and O–H groups in total. The first-order valence-electron chi connectivity index (χ1n) is 11.4. The highest BCUT2D eigenvalue weighted by Gasteiger charge is 2.33. The zero-order chi connectivity index (χ0) is 25.5. The van der Waals surface area contributed by atoms with E-state index in [1.165, 1.54) is 23.1 Å². The highest BCUT2D eigenvalue weighted by molar-refractivity contribution is 5.94. The molecule has 3 heterocycles. The number of carbonyl (C=O) groups is 2. The molecule has 190 valence electrons. The van der Waals surface area contributed by atoms with Crippen LogP contribution in [0.1, 0.15) is 12.0 Å². The van der Waals surface area contributed by atoms with Gasteiger partial charge in [-0.05, 0) is 19.1 Å². The number of nitrogens with one attached hydrogen (secondary N) is 1. The topological polar surface area (TPSA) is 121 Å². The minimum absolute atomic E-state index is 0.0161. The van der Waals surface area contributed by atoms with Crippen LogP contribution < -0.4 is 14.8 Å². The number of benzene rings is 1. The lowest BCUT2D eigenvalue weighted by molar-refractivity contribution is -0.131. The summed E-state index contributed by atoms with van der Waals surface area (Å²) >= 11 is 0. The van der Waals surface area contributed by atoms with Gasteiger partial charge < -0.3 is 24.4 Å². The van der Waals surface area contributed by atoms with E-state index in [0.29, 0.717) is 18.8 Å². The summed E-state index contributed by atoms with van der Waals surface area (Å²) in [5, 5.41) is 6.86. The number of rotatable bonds is 10. The molecule has 36 heavy (non-hydrogen) atoms. The molecule has 11 nitrogen and oxygen atoms in total. The molecule has 2 amide bonds. The molecular formula is C24H27FN6O5. The van der Waals surface area contributed by atoms with E-state index in [9.17, 15) is 14.0 Å². The van der Waals surface area contributed by atoms with Crippen molar-refractivity contribution in [1.82, 2.24) is 24.6 Å². The fourth-order valence-corrected chi connectivity index (χ4v) is 3.48. The van der Waals surface area contributed by atoms with Gasteiger partial charge in [-0.15, -0.1) is 0 Å². The molecule has 12 heteroatoms. The van der Waals surface area contributed by atoms with Gasteiger partial charge in [-0.1, -0.05) is 17.7 Å². The molecule has 3 aromatic rings. The van der Waals surface area contributed by atoms with E-state index in [4.69, 9.17) is 14.2 Å². The van der Waals surface area contributed by atoms with E-state index >= 15 is 0 Å². The third-order valence-corrected chi connectivity index (χ3v) is 5.48. The molecule has 2 aromatic heterocycles. The summed E-state index contributed by atoms with van der Waals surface area (Å²) in [7, 11) is 1.69. The first kappa shape index (κ1) is 25.0. The number of nitrogens with zero attached hydrogens (tertiary/aromatic N) is 5. The van der Waals surface area contributed by atoms with Gasteiger partial charge in [0, 0.05) is 31.9 Å². The zero-order valence-corrected chi connectivity index (χ0v) is 20.0. The van der Waals surface area contributed by atoms with Crippen LogP contribution in [0.4, 0.5) is 10.1 Å². The average molecular weight is 499 g/mol. The predicted octanol–water partition coefficient (Wildman–Crippen LogP) is 1.83. The smallest absolute Gasteiger partial charge is 0.311 e. The lowest BCUT2D eigenvalue weighted by Crippen LogP contribution is -2.33. The lowest BCUT2D eigenvalue weighted by Gasteiger charge is -2.17. The average Bonchev–Trinajstić information content (AvgIpc) is 3.50. The summed E-state index contributed by atoms with van der Waals surface area (Å²) in [5.74, 6) is 0.311. The van der Waals surface area contributed by atoms with Crippen molar-refractivity contribution in [3.8, 4) is 11.6 Å². The zero-order valence-electron chi connectivity index (χ0n) is 20.0. The Morgan fingerprint density at radius 1 is 1.28 bits per heavy atom. The van der Waals surface area contributed by atoms with Crippen molar-refractivity contribution >= 4 is 17.5 Å². The van der Waals surface area contributed by atoms with E-state index in [2.05, 4.69) is 20.4 Å². The Balaban J connectivity index is 1.19. The van der Waals surface area contributed by atoms with Crippen molar-refractivity contribution in [2.24, 2.45) is 0 Å². The maximum absolute atomic E-state index is 13.1. The minimum atomic E-state index is -0.891. The predicted molar refractivity (Wildman–Crippen MR) is 126 cm³/mol. The van der Waals surface area contributed by atoms with Gasteiger partial charge in [-0.2, -0.15) is 14.5 Å². The molecule has 2 atom stereocenters. The van der Waals surface area contributed by atoms with Gasteiger partial charge in [0.1, 0.15) is 31.1 Å². The van der Waals surface area contributed by atoms with E-state index in [0.717, 1.165) is 11.3 Å². The van der Waals surface area contributed by atoms with Gasteiger partial charge in [0.2, 0.25) is 11.8 Å². The van der Waals surface area contributed by atoms with Gasteiger partial charge >= 0.3 is 6.08 Å². The second kappa shape index (κ2) is 11.6. The number of hydrogen-bond donors (Lipinski definition) is 1. The number of aromatic nitrogens is 4. The molecule has 0 bridgehead atoms. The van der Waals surface area contributed by atoms with E-state index in [1.807, 2.05) is 31.2 Å². The Morgan fingerprint density at radius 2 is 2.08 bits per heavy atom. The fraction of sp³-hybridized carbons (Fsp3) is 0.375. The van der Waals surface area contributed by atoms with E-state index < -0.39 is 18.3 Å². The Labute approximate surface area is 207 Å². The standard InChI is InChI=1S/C24H27FN6O5/c1-16-3-5-18(6-4-16)34-10-9-30(2)22(32)14-31-13-17(12-27-31)28-23(33)20-11-19(15-35-20)36-21-7-8-26-24(25)29-21/h3-8,12-13,19-20H,9-11,14-15H2,1-2H3,(H,28,33)/t19-,20+/m0/s1. The van der Waals surface area contributed by atoms with Gasteiger partial charge in [-0.25, -0.2) is 4.98 Å². The minimum Gasteiger partial charge on any atom is -0.492 e. The van der Waals surface area contributed by atoms with Crippen LogP contribution in [-0.4, -0.2) is 75.5 Å². The molecule has 1 aliphatic heterocycles. The van der Waals surface area contributed by atoms with Crippen LogP contribution in [-0.2, 0) is 20.9 Å². The summed E-state index contributed by atoms with van der Waals surface area (Å²) < 4.78 is 31.3. The van der Waals surface area contributed by atoms with Gasteiger partial charge in [0.05, 0.1) is 25.0 Å². The van der Waals surface area contributed by atoms with Crippen molar-refractivity contribution in [2.75, 3.05) is 32.1 Å². The number of amides is 2. The Hall–Kier alpha value is -4.06. The second-order valence-electron chi connectivity index (χ2n) is 8.35. The number of hydrogen-bond acceptors (Lipinski definition) is 8. The van der Waals surface area contributed by atoms with Gasteiger partial charge in [0.25, 0.3) is 5.91 Å². The lowest BCUT2D eigenvalue weighted by atomic mass is 10.2. The number of ether oxygens (including phenoxy) is 3. The fourth-order valence-electron chi connectivity index (χ4n) is 3.48. The number of aryl methyl sites for hydroxylation is 1. The SMILES string of the molecule is Cc1ccc(OCCN(C)C(=O)Cn2cc(NC(=O)[C@H]3C[C@H](Oc4ccnc(F)n4)CO3)cn2)cc1. The van der Waals surface area contributed by atoms with Gasteiger partial charge in [0.15, 0.2) is 0 Å². The Kier molecular flexibility index (Phi) is 8.06. The first-order chi connectivity index (χ1) is 17.4. The van der Waals surface area contributed by atoms with E-state index in [1.54, 1.807) is 18.1 Å². The Morgan fingerprint density at radius 3 is 2.86 bits per heavy atom. The van der Waals surface area contributed by atoms with Crippen LogP contribution in [0.15, 0.2) is 48.9 Å². The number of halogens is 1. The first-order valence-corrected chi connectivity index (χ1v) is 11.4. The molecule has 0 spiro atoms. The quantitative estimate of drug-likeness (QED) is 0.421. The maximum Gasteiger partial charge on any atom is 0.311 e. The van der Waals surface area contributed by atoms with Crippen molar-refractivity contribution in [3.05, 3.63) is 60.6 Å². The molecule has 0 radical (unpaired) electrons. The molecule has 1 fully saturated rings. The summed E-state index contributed by atoms with van der Waals surface area (Å²) in [6.45, 7) is 2.97. The number of likely N-dealkylation sites (N-methyl/N-ethyl adjacent to an activating group) is 1. The summed E-state index contributed by atoms with van der Waals surface area (Å²) in [4.78, 5) is 33.5. The second-order valence-corrected chi connectivity index (χ2v) is 8.35. The molecule has 1 saturated heterocycles. The van der Waals surface area contributed by atoms with E-state index in [-0.39, 0.29) is 37.3 Å². The molecule has 4 rings (SSSR count). The molecule has 0 unspecified atom stereocenters. The van der Waals surface area contributed by atoms with Crippen LogP contribution in [0.3, 0.4) is 0 Å². The van der Waals surface area contributed by atoms with Crippen LogP contribution in [0.2, 0.25) is 0 Å². The molecule has 0 aliphatic carbocycles. The summed E-state index contributed by atoms with van der Waals surface area (Å²) in [5.41, 5.74) is 1.58. The van der Waals surface area contributed by atoms with Crippen molar-refractivity contribution in [3.63, 3.8) is 0 Å². The molecular weight excluding hydrogens is 471 g/mol. The molecule has 0 saturated carbocycles. The highest BCUT2D eigenvalue weighted by atomic mass is 19.1. The largest absolute Gasteiger partial charge is 0.492 e. The van der Waals surface area contributed by atoms with Crippen molar-refractivity contribution in [2.45, 2.75) is 32.1 Å². The number of anilines is 1. The third kappa shape index (κ3) is 6.98.